The summed E-state index contributed by atoms with van der Waals surface area (Å²) in [5.74, 6) is 1.47. The lowest BCUT2D eigenvalue weighted by Crippen LogP contribution is -2.00. The average Bonchev–Trinajstić information content (AvgIpc) is 2.12. The van der Waals surface area contributed by atoms with E-state index in [0.717, 1.165) is 5.82 Å². The number of aromatic nitrogens is 2. The number of nitrogens with one attached hydrogen (secondary N) is 2. The number of rotatable bonds is 0. The quantitative estimate of drug-likeness (QED) is 0.499. The Labute approximate surface area is 45.9 Å². The number of hydrogen-bond acceptors (Lipinski definition) is 4. The Hall–Kier alpha value is -1.32. The molecule has 0 radical (unpaired) electrons. The second kappa shape index (κ2) is 1.09. The van der Waals surface area contributed by atoms with Gasteiger partial charge in [0.05, 0.1) is 0 Å². The largest absolute Gasteiger partial charge is 0.282 e. The zero-order valence-electron chi connectivity index (χ0n) is 4.05. The van der Waals surface area contributed by atoms with Crippen LogP contribution in [0.15, 0.2) is 12.3 Å². The molecule has 0 fully saturated rings. The molecule has 4 nitrogen and oxygen atoms in total. The number of fused-ring (bicyclic) bond motifs is 2. The van der Waals surface area contributed by atoms with Gasteiger partial charge in [0.25, 0.3) is 0 Å². The number of nitrogens with zero attached hydrogens (tertiary/aromatic N) is 2. The van der Waals surface area contributed by atoms with Crippen LogP contribution in [0.3, 0.4) is 0 Å². The van der Waals surface area contributed by atoms with E-state index >= 15 is 0 Å². The standard InChI is InChI=1S/C4H4N4/c1-2-5-4-6-3(1)7-8-4/h1-2H,(H2,5,6,7,8). The molecule has 0 amide bonds. The normalized spacial score (nSPS) is 12.5. The highest BCUT2D eigenvalue weighted by atomic mass is 15.5. The van der Waals surface area contributed by atoms with Gasteiger partial charge in [0.2, 0.25) is 5.95 Å². The fourth-order valence-corrected chi connectivity index (χ4v) is 0.608. The maximum atomic E-state index is 3.95. The van der Waals surface area contributed by atoms with Gasteiger partial charge in [-0.3, -0.25) is 10.9 Å². The molecule has 0 saturated carbocycles. The highest BCUT2D eigenvalue weighted by molar-refractivity contribution is 5.49. The Morgan fingerprint density at radius 1 is 1.38 bits per heavy atom. The van der Waals surface area contributed by atoms with Crippen LogP contribution in [0.1, 0.15) is 0 Å². The third-order valence-electron chi connectivity index (χ3n) is 0.958. The monoisotopic (exact) mass is 108 g/mol. The molecule has 0 saturated heterocycles. The van der Waals surface area contributed by atoms with Crippen molar-refractivity contribution in [2.24, 2.45) is 0 Å². The zero-order valence-corrected chi connectivity index (χ0v) is 4.05. The Bertz CT molecular complexity index is 190. The first-order valence-corrected chi connectivity index (χ1v) is 2.30. The van der Waals surface area contributed by atoms with E-state index < -0.39 is 0 Å². The van der Waals surface area contributed by atoms with E-state index in [1.165, 1.54) is 0 Å². The molecule has 1 aromatic heterocycles. The van der Waals surface area contributed by atoms with Gasteiger partial charge in [-0.05, 0) is 0 Å². The Balaban J connectivity index is 2.66. The van der Waals surface area contributed by atoms with Gasteiger partial charge in [-0.25, -0.2) is 4.98 Å². The Kier molecular flexibility index (Phi) is 0.498. The zero-order chi connectivity index (χ0) is 5.40. The Morgan fingerprint density at radius 3 is 3.12 bits per heavy atom. The summed E-state index contributed by atoms with van der Waals surface area (Å²) in [6.45, 7) is 0. The van der Waals surface area contributed by atoms with Gasteiger partial charge in [0.1, 0.15) is 5.82 Å². The van der Waals surface area contributed by atoms with Crippen LogP contribution in [0.25, 0.3) is 0 Å². The van der Waals surface area contributed by atoms with E-state index in [1.54, 1.807) is 12.3 Å². The van der Waals surface area contributed by atoms with Gasteiger partial charge >= 0.3 is 0 Å². The van der Waals surface area contributed by atoms with Crippen LogP contribution in [0.5, 0.6) is 0 Å². The summed E-state index contributed by atoms with van der Waals surface area (Å²) in [5, 5.41) is 0. The van der Waals surface area contributed by atoms with E-state index in [1.807, 2.05) is 0 Å². The summed E-state index contributed by atoms with van der Waals surface area (Å²) >= 11 is 0. The maximum absolute atomic E-state index is 3.95. The highest BCUT2D eigenvalue weighted by Gasteiger charge is 2.03. The lowest BCUT2D eigenvalue weighted by Gasteiger charge is -1.87. The van der Waals surface area contributed by atoms with Crippen molar-refractivity contribution >= 4 is 11.8 Å². The Morgan fingerprint density at radius 2 is 2.38 bits per heavy atom. The number of hydrogen-bond donors (Lipinski definition) is 2. The van der Waals surface area contributed by atoms with Crippen LogP contribution in [0.2, 0.25) is 0 Å². The lowest BCUT2D eigenvalue weighted by atomic mass is 10.6. The van der Waals surface area contributed by atoms with Crippen molar-refractivity contribution in [2.75, 3.05) is 10.9 Å². The topological polar surface area (TPSA) is 49.8 Å². The number of hydrazine groups is 1. The van der Waals surface area contributed by atoms with Crippen molar-refractivity contribution in [1.29, 1.82) is 0 Å². The van der Waals surface area contributed by atoms with Crippen LogP contribution >= 0.6 is 0 Å². The highest BCUT2D eigenvalue weighted by Crippen LogP contribution is 2.10. The molecule has 2 N–H and O–H groups in total. The summed E-state index contributed by atoms with van der Waals surface area (Å²) in [5.41, 5.74) is 5.55. The van der Waals surface area contributed by atoms with Gasteiger partial charge in [0.15, 0.2) is 0 Å². The van der Waals surface area contributed by atoms with Gasteiger partial charge < -0.3 is 0 Å². The molecule has 1 aromatic rings. The molecule has 1 aliphatic rings. The summed E-state index contributed by atoms with van der Waals surface area (Å²) in [7, 11) is 0. The molecular formula is C4H4N4. The second-order valence-corrected chi connectivity index (χ2v) is 1.52. The molecule has 2 rings (SSSR count). The maximum Gasteiger partial charge on any atom is 0.243 e. The van der Waals surface area contributed by atoms with Gasteiger partial charge in [0, 0.05) is 12.3 Å². The first kappa shape index (κ1) is 3.65. The fraction of sp³-hybridized carbons (Fsp3) is 0. The van der Waals surface area contributed by atoms with Crippen molar-refractivity contribution in [3.63, 3.8) is 0 Å². The summed E-state index contributed by atoms with van der Waals surface area (Å²) in [6.07, 6.45) is 1.70. The van der Waals surface area contributed by atoms with E-state index in [2.05, 4.69) is 20.8 Å². The van der Waals surface area contributed by atoms with Crippen LogP contribution in [0, 0.1) is 0 Å². The van der Waals surface area contributed by atoms with Gasteiger partial charge in [-0.2, -0.15) is 4.98 Å². The predicted molar refractivity (Wildman–Crippen MR) is 29.3 cm³/mol. The summed E-state index contributed by atoms with van der Waals surface area (Å²) in [4.78, 5) is 7.82. The molecule has 8 heavy (non-hydrogen) atoms. The molecule has 2 heterocycles. The van der Waals surface area contributed by atoms with E-state index in [9.17, 15) is 0 Å². The molecule has 0 aromatic carbocycles. The van der Waals surface area contributed by atoms with E-state index in [-0.39, 0.29) is 0 Å². The SMILES string of the molecule is c1cc2nc(n1)NN2. The van der Waals surface area contributed by atoms with Crippen molar-refractivity contribution in [1.82, 2.24) is 9.97 Å². The first-order valence-electron chi connectivity index (χ1n) is 2.30. The van der Waals surface area contributed by atoms with Crippen LogP contribution in [-0.2, 0) is 0 Å². The molecular weight excluding hydrogens is 104 g/mol. The lowest BCUT2D eigenvalue weighted by molar-refractivity contribution is 1.24. The van der Waals surface area contributed by atoms with Crippen LogP contribution in [0.4, 0.5) is 11.8 Å². The van der Waals surface area contributed by atoms with Crippen molar-refractivity contribution in [3.05, 3.63) is 12.3 Å². The molecule has 0 unspecified atom stereocenters. The summed E-state index contributed by atoms with van der Waals surface area (Å²) < 4.78 is 0. The first-order chi connectivity index (χ1) is 3.95. The third-order valence-corrected chi connectivity index (χ3v) is 0.958. The number of anilines is 2. The molecule has 1 aliphatic heterocycles. The average molecular weight is 108 g/mol. The molecule has 0 atom stereocenters. The van der Waals surface area contributed by atoms with Crippen LogP contribution in [-0.4, -0.2) is 9.97 Å². The molecule has 0 aliphatic carbocycles. The minimum absolute atomic E-state index is 0.641. The summed E-state index contributed by atoms with van der Waals surface area (Å²) in [6, 6.07) is 1.80. The van der Waals surface area contributed by atoms with Crippen molar-refractivity contribution in [3.8, 4) is 0 Å². The third kappa shape index (κ3) is 0.339. The minimum Gasteiger partial charge on any atom is -0.282 e. The minimum atomic E-state index is 0.641. The van der Waals surface area contributed by atoms with Gasteiger partial charge in [-0.15, -0.1) is 0 Å². The van der Waals surface area contributed by atoms with Crippen LogP contribution < -0.4 is 10.9 Å². The molecule has 40 valence electrons. The molecule has 4 heteroatoms. The van der Waals surface area contributed by atoms with Gasteiger partial charge in [-0.1, -0.05) is 0 Å². The predicted octanol–water partition coefficient (Wildman–Crippen LogP) is 0.229. The smallest absolute Gasteiger partial charge is 0.243 e. The van der Waals surface area contributed by atoms with Crippen molar-refractivity contribution in [2.45, 2.75) is 0 Å². The molecule has 2 bridgehead atoms. The molecule has 0 spiro atoms. The second-order valence-electron chi connectivity index (χ2n) is 1.52. The van der Waals surface area contributed by atoms with E-state index in [4.69, 9.17) is 0 Å². The van der Waals surface area contributed by atoms with E-state index in [0.29, 0.717) is 5.95 Å². The fourth-order valence-electron chi connectivity index (χ4n) is 0.608. The van der Waals surface area contributed by atoms with Crippen molar-refractivity contribution < 1.29 is 0 Å².